The number of hydrogen-bond acceptors (Lipinski definition) is 7. The van der Waals surface area contributed by atoms with Crippen LogP contribution >= 0.6 is 11.3 Å². The number of carbonyl (C=O) groups excluding carboxylic acids is 2. The molecule has 2 aliphatic rings. The molecule has 1 aromatic heterocycles. The number of amides is 2. The minimum atomic E-state index is -1.02. The number of fused-ring (bicyclic) bond motifs is 1. The molecule has 2 aromatic carbocycles. The van der Waals surface area contributed by atoms with Crippen LogP contribution in [-0.2, 0) is 33.9 Å². The SMILES string of the molecule is Cc1ccc2c(c1OCc1cncs1)C[C@@H](C(=O)N=O)N(C(=O)[C@@H](OC1CCCC1)c1ccccc1)C2. The third-order valence-corrected chi connectivity index (χ3v) is 7.88. The Morgan fingerprint density at radius 3 is 2.65 bits per heavy atom. The highest BCUT2D eigenvalue weighted by Crippen LogP contribution is 2.37. The normalized spacial score (nSPS) is 18.3. The molecule has 3 aromatic rings. The van der Waals surface area contributed by atoms with Crippen LogP contribution in [0.25, 0.3) is 0 Å². The summed E-state index contributed by atoms with van der Waals surface area (Å²) in [5.41, 5.74) is 5.09. The van der Waals surface area contributed by atoms with Crippen molar-refractivity contribution in [3.05, 3.63) is 86.2 Å². The summed E-state index contributed by atoms with van der Waals surface area (Å²) in [7, 11) is 0. The number of benzene rings is 2. The van der Waals surface area contributed by atoms with Crippen LogP contribution in [0.3, 0.4) is 0 Å². The van der Waals surface area contributed by atoms with E-state index < -0.39 is 18.1 Å². The van der Waals surface area contributed by atoms with Crippen molar-refractivity contribution in [1.82, 2.24) is 9.88 Å². The smallest absolute Gasteiger partial charge is 0.308 e. The number of aryl methyl sites for hydroxylation is 1. The minimum Gasteiger partial charge on any atom is -0.487 e. The fraction of sp³-hybridized carbons (Fsp3) is 0.393. The van der Waals surface area contributed by atoms with Gasteiger partial charge in [-0.1, -0.05) is 55.3 Å². The summed E-state index contributed by atoms with van der Waals surface area (Å²) in [4.78, 5) is 44.8. The van der Waals surface area contributed by atoms with Crippen LogP contribution in [0.15, 0.2) is 59.3 Å². The molecule has 0 unspecified atom stereocenters. The van der Waals surface area contributed by atoms with Gasteiger partial charge in [0, 0.05) is 29.9 Å². The van der Waals surface area contributed by atoms with Crippen LogP contribution in [0, 0.1) is 11.8 Å². The molecule has 1 saturated carbocycles. The zero-order valence-corrected chi connectivity index (χ0v) is 21.5. The van der Waals surface area contributed by atoms with E-state index in [1.54, 1.807) is 11.7 Å². The molecule has 0 radical (unpaired) electrons. The molecule has 0 spiro atoms. The summed E-state index contributed by atoms with van der Waals surface area (Å²) in [6, 6.07) is 12.2. The van der Waals surface area contributed by atoms with Crippen molar-refractivity contribution >= 4 is 23.2 Å². The number of ether oxygens (including phenoxy) is 2. The van der Waals surface area contributed by atoms with Gasteiger partial charge in [0.05, 0.1) is 16.5 Å². The van der Waals surface area contributed by atoms with E-state index in [-0.39, 0.29) is 25.0 Å². The second kappa shape index (κ2) is 11.3. The molecule has 1 fully saturated rings. The first-order valence-corrected chi connectivity index (χ1v) is 13.4. The second-order valence-corrected chi connectivity index (χ2v) is 10.5. The van der Waals surface area contributed by atoms with E-state index >= 15 is 0 Å². The summed E-state index contributed by atoms with van der Waals surface area (Å²) in [5.74, 6) is -0.538. The van der Waals surface area contributed by atoms with Gasteiger partial charge >= 0.3 is 5.91 Å². The van der Waals surface area contributed by atoms with E-state index in [4.69, 9.17) is 9.47 Å². The maximum absolute atomic E-state index is 14.0. The number of thiazole rings is 1. The zero-order valence-electron chi connectivity index (χ0n) is 20.7. The Bertz CT molecular complexity index is 1260. The Kier molecular flexibility index (Phi) is 7.71. The van der Waals surface area contributed by atoms with Crippen LogP contribution in [0.4, 0.5) is 0 Å². The van der Waals surface area contributed by atoms with Crippen molar-refractivity contribution < 1.29 is 19.1 Å². The lowest BCUT2D eigenvalue weighted by Crippen LogP contribution is -2.50. The van der Waals surface area contributed by atoms with Crippen molar-refractivity contribution in [3.8, 4) is 5.75 Å². The Labute approximate surface area is 219 Å². The first-order chi connectivity index (χ1) is 18.0. The highest BCUT2D eigenvalue weighted by Gasteiger charge is 2.41. The summed E-state index contributed by atoms with van der Waals surface area (Å²) in [5, 5.41) is 2.72. The fourth-order valence-electron chi connectivity index (χ4n) is 5.20. The first-order valence-electron chi connectivity index (χ1n) is 12.5. The van der Waals surface area contributed by atoms with Gasteiger partial charge in [-0.15, -0.1) is 16.2 Å². The van der Waals surface area contributed by atoms with Crippen molar-refractivity contribution in [2.75, 3.05) is 0 Å². The highest BCUT2D eigenvalue weighted by molar-refractivity contribution is 7.09. The summed E-state index contributed by atoms with van der Waals surface area (Å²) >= 11 is 1.50. The molecule has 0 saturated heterocycles. The number of hydrogen-bond donors (Lipinski definition) is 0. The van der Waals surface area contributed by atoms with Crippen molar-refractivity contribution in [2.24, 2.45) is 5.18 Å². The zero-order chi connectivity index (χ0) is 25.8. The molecule has 37 heavy (non-hydrogen) atoms. The largest absolute Gasteiger partial charge is 0.487 e. The number of aromatic nitrogens is 1. The summed E-state index contributed by atoms with van der Waals surface area (Å²) in [6.07, 6.45) is 4.96. The van der Waals surface area contributed by atoms with E-state index in [2.05, 4.69) is 10.2 Å². The van der Waals surface area contributed by atoms with Gasteiger partial charge in [-0.2, -0.15) is 0 Å². The molecule has 5 rings (SSSR count). The lowest BCUT2D eigenvalue weighted by molar-refractivity contribution is -0.154. The quantitative estimate of drug-likeness (QED) is 0.376. The molecule has 8 nitrogen and oxygen atoms in total. The predicted octanol–water partition coefficient (Wildman–Crippen LogP) is 5.28. The van der Waals surface area contributed by atoms with Crippen molar-refractivity contribution in [2.45, 2.75) is 70.4 Å². The Morgan fingerprint density at radius 1 is 1.16 bits per heavy atom. The predicted molar refractivity (Wildman–Crippen MR) is 139 cm³/mol. The first kappa shape index (κ1) is 25.2. The Morgan fingerprint density at radius 2 is 1.95 bits per heavy atom. The minimum absolute atomic E-state index is 0.0148. The van der Waals surface area contributed by atoms with E-state index in [0.717, 1.165) is 52.8 Å². The fourth-order valence-corrected chi connectivity index (χ4v) is 5.71. The van der Waals surface area contributed by atoms with Gasteiger partial charge in [-0.25, -0.2) is 0 Å². The van der Waals surface area contributed by atoms with Crippen LogP contribution in [0.5, 0.6) is 5.75 Å². The number of rotatable bonds is 8. The molecule has 9 heteroatoms. The molecule has 2 atom stereocenters. The van der Waals surface area contributed by atoms with Gasteiger partial charge in [-0.3, -0.25) is 14.6 Å². The number of nitrogens with zero attached hydrogens (tertiary/aromatic N) is 3. The van der Waals surface area contributed by atoms with Crippen LogP contribution in [-0.4, -0.2) is 33.8 Å². The average molecular weight is 520 g/mol. The summed E-state index contributed by atoms with van der Waals surface area (Å²) in [6.45, 7) is 2.45. The van der Waals surface area contributed by atoms with Crippen LogP contribution in [0.1, 0.15) is 58.9 Å². The van der Waals surface area contributed by atoms with Crippen LogP contribution < -0.4 is 4.74 Å². The maximum Gasteiger partial charge on any atom is 0.308 e. The monoisotopic (exact) mass is 519 g/mol. The highest BCUT2D eigenvalue weighted by atomic mass is 32.1. The molecule has 0 N–H and O–H groups in total. The molecular formula is C28H29N3O5S. The van der Waals surface area contributed by atoms with Crippen molar-refractivity contribution in [1.29, 1.82) is 0 Å². The Hall–Kier alpha value is -3.43. The molecule has 2 amide bonds. The third kappa shape index (κ3) is 5.47. The van der Waals surface area contributed by atoms with E-state index in [9.17, 15) is 14.5 Å². The Balaban J connectivity index is 1.47. The van der Waals surface area contributed by atoms with E-state index in [1.165, 1.54) is 16.2 Å². The number of nitroso groups, excluding NO2 is 1. The second-order valence-electron chi connectivity index (χ2n) is 9.55. The molecule has 1 aliphatic carbocycles. The molecule has 2 heterocycles. The molecule has 192 valence electrons. The van der Waals surface area contributed by atoms with Gasteiger partial charge in [0.15, 0.2) is 6.10 Å². The van der Waals surface area contributed by atoms with Gasteiger partial charge in [0.25, 0.3) is 5.91 Å². The van der Waals surface area contributed by atoms with Gasteiger partial charge in [-0.05, 0) is 36.5 Å². The standard InChI is InChI=1S/C28H29N3O5S/c1-18-11-12-20-15-31(28(33)26(19-7-3-2-4-8-19)36-21-9-5-6-10-21)24(27(32)30-34)13-23(20)25(18)35-16-22-14-29-17-37-22/h2-4,7-8,11-12,14,17,21,24,26H,5-6,9-10,13,15-16H2,1H3/t24-,26-/m0/s1. The summed E-state index contributed by atoms with van der Waals surface area (Å²) < 4.78 is 12.5. The van der Waals surface area contributed by atoms with E-state index in [0.29, 0.717) is 12.4 Å². The number of carbonyl (C=O) groups is 2. The third-order valence-electron chi connectivity index (χ3n) is 7.13. The van der Waals surface area contributed by atoms with Gasteiger partial charge in [0.2, 0.25) is 0 Å². The average Bonchev–Trinajstić information content (AvgIpc) is 3.65. The molecule has 0 bridgehead atoms. The maximum atomic E-state index is 14.0. The van der Waals surface area contributed by atoms with Gasteiger partial charge in [0.1, 0.15) is 18.4 Å². The van der Waals surface area contributed by atoms with Crippen molar-refractivity contribution in [3.63, 3.8) is 0 Å². The molecule has 1 aliphatic heterocycles. The lowest BCUT2D eigenvalue weighted by Gasteiger charge is -2.38. The topological polar surface area (TPSA) is 98.2 Å². The lowest BCUT2D eigenvalue weighted by atomic mass is 9.90. The van der Waals surface area contributed by atoms with E-state index in [1.807, 2.05) is 49.4 Å². The molecular weight excluding hydrogens is 490 g/mol. The van der Waals surface area contributed by atoms with Gasteiger partial charge < -0.3 is 14.4 Å². The van der Waals surface area contributed by atoms with Crippen LogP contribution in [0.2, 0.25) is 0 Å².